The number of thiophene rings is 1. The van der Waals surface area contributed by atoms with Gasteiger partial charge in [-0.25, -0.2) is 4.39 Å². The molecule has 0 aliphatic heterocycles. The van der Waals surface area contributed by atoms with Crippen molar-refractivity contribution in [2.45, 2.75) is 32.7 Å². The molecule has 0 fully saturated rings. The third-order valence-electron chi connectivity index (χ3n) is 3.21. The van der Waals surface area contributed by atoms with E-state index < -0.39 is 0 Å². The minimum Gasteiger partial charge on any atom is -0.306 e. The van der Waals surface area contributed by atoms with Crippen molar-refractivity contribution >= 4 is 22.9 Å². The van der Waals surface area contributed by atoms with Crippen molar-refractivity contribution in [2.24, 2.45) is 0 Å². The lowest BCUT2D eigenvalue weighted by atomic mass is 10.0. The lowest BCUT2D eigenvalue weighted by Gasteiger charge is -2.18. The van der Waals surface area contributed by atoms with E-state index in [1.54, 1.807) is 29.5 Å². The Kier molecular flexibility index (Phi) is 5.58. The van der Waals surface area contributed by atoms with Gasteiger partial charge < -0.3 is 5.32 Å². The summed E-state index contributed by atoms with van der Waals surface area (Å²) in [5.74, 6) is -0.325. The topological polar surface area (TPSA) is 12.0 Å². The van der Waals surface area contributed by atoms with Crippen LogP contribution >= 0.6 is 22.9 Å². The normalized spacial score (nSPS) is 12.6. The summed E-state index contributed by atoms with van der Waals surface area (Å²) in [4.78, 5) is 2.45. The lowest BCUT2D eigenvalue weighted by molar-refractivity contribution is 0.551. The van der Waals surface area contributed by atoms with E-state index in [-0.39, 0.29) is 16.9 Å². The molecular weight excluding hydrogens is 293 g/mol. The molecule has 1 nitrogen and oxygen atoms in total. The van der Waals surface area contributed by atoms with Gasteiger partial charge in [-0.05, 0) is 37.6 Å². The van der Waals surface area contributed by atoms with E-state index in [2.05, 4.69) is 31.3 Å². The molecule has 1 unspecified atom stereocenters. The zero-order valence-electron chi connectivity index (χ0n) is 11.7. The van der Waals surface area contributed by atoms with E-state index in [1.807, 2.05) is 0 Å². The fourth-order valence-electron chi connectivity index (χ4n) is 2.14. The lowest BCUT2D eigenvalue weighted by Crippen LogP contribution is -2.23. The highest BCUT2D eigenvalue weighted by atomic mass is 35.5. The van der Waals surface area contributed by atoms with Gasteiger partial charge in [0.15, 0.2) is 0 Å². The molecule has 20 heavy (non-hydrogen) atoms. The van der Waals surface area contributed by atoms with Crippen LogP contribution in [0.15, 0.2) is 30.3 Å². The van der Waals surface area contributed by atoms with Gasteiger partial charge in [-0.2, -0.15) is 0 Å². The first-order valence-corrected chi connectivity index (χ1v) is 8.12. The first-order chi connectivity index (χ1) is 9.67. The van der Waals surface area contributed by atoms with Gasteiger partial charge in [0, 0.05) is 15.3 Å². The third-order valence-corrected chi connectivity index (χ3v) is 4.79. The molecule has 108 valence electrons. The summed E-state index contributed by atoms with van der Waals surface area (Å²) in [7, 11) is 0. The van der Waals surface area contributed by atoms with Crippen LogP contribution in [-0.2, 0) is 6.42 Å². The van der Waals surface area contributed by atoms with Crippen molar-refractivity contribution in [1.82, 2.24) is 5.32 Å². The highest BCUT2D eigenvalue weighted by molar-refractivity contribution is 7.12. The molecule has 0 aliphatic carbocycles. The predicted molar refractivity (Wildman–Crippen MR) is 85.2 cm³/mol. The van der Waals surface area contributed by atoms with Crippen molar-refractivity contribution < 1.29 is 4.39 Å². The Balaban J connectivity index is 2.38. The number of aryl methyl sites for hydroxylation is 1. The van der Waals surface area contributed by atoms with Crippen LogP contribution < -0.4 is 5.32 Å². The Morgan fingerprint density at radius 1 is 1.25 bits per heavy atom. The Morgan fingerprint density at radius 2 is 2.05 bits per heavy atom. The number of rotatable bonds is 6. The van der Waals surface area contributed by atoms with Crippen LogP contribution in [0.25, 0.3) is 0 Å². The Hall–Kier alpha value is -0.900. The molecular formula is C16H19ClFNS. The van der Waals surface area contributed by atoms with Crippen molar-refractivity contribution in [3.05, 3.63) is 56.5 Å². The SMILES string of the molecule is CCCNC(c1ccc(CC)s1)c1cccc(Cl)c1F. The monoisotopic (exact) mass is 311 g/mol. The zero-order chi connectivity index (χ0) is 14.5. The highest BCUT2D eigenvalue weighted by Gasteiger charge is 2.20. The van der Waals surface area contributed by atoms with Crippen LogP contribution in [0, 0.1) is 5.82 Å². The average molecular weight is 312 g/mol. The molecule has 1 aromatic carbocycles. The molecule has 4 heteroatoms. The third kappa shape index (κ3) is 3.40. The largest absolute Gasteiger partial charge is 0.306 e. The van der Waals surface area contributed by atoms with Gasteiger partial charge in [0.1, 0.15) is 5.82 Å². The number of benzene rings is 1. The van der Waals surface area contributed by atoms with Crippen LogP contribution in [0.5, 0.6) is 0 Å². The zero-order valence-corrected chi connectivity index (χ0v) is 13.3. The molecule has 0 saturated heterocycles. The summed E-state index contributed by atoms with van der Waals surface area (Å²) in [5, 5.41) is 3.60. The van der Waals surface area contributed by atoms with Gasteiger partial charge in [-0.3, -0.25) is 0 Å². The van der Waals surface area contributed by atoms with Crippen LogP contribution in [0.2, 0.25) is 5.02 Å². The summed E-state index contributed by atoms with van der Waals surface area (Å²) >= 11 is 7.64. The van der Waals surface area contributed by atoms with Crippen LogP contribution in [0.1, 0.15) is 41.6 Å². The Morgan fingerprint density at radius 3 is 2.70 bits per heavy atom. The molecule has 0 bridgehead atoms. The van der Waals surface area contributed by atoms with Gasteiger partial charge in [0.25, 0.3) is 0 Å². The molecule has 1 aromatic heterocycles. The van der Waals surface area contributed by atoms with E-state index in [0.717, 1.165) is 24.3 Å². The summed E-state index contributed by atoms with van der Waals surface area (Å²) < 4.78 is 14.3. The molecule has 0 spiro atoms. The standard InChI is InChI=1S/C16H19ClFNS/c1-3-10-19-16(14-9-8-11(4-2)20-14)12-6-5-7-13(17)15(12)18/h5-9,16,19H,3-4,10H2,1-2H3. The molecule has 2 rings (SSSR count). The molecule has 0 amide bonds. The van der Waals surface area contributed by atoms with Gasteiger partial charge in [-0.15, -0.1) is 11.3 Å². The van der Waals surface area contributed by atoms with E-state index in [9.17, 15) is 4.39 Å². The fourth-order valence-corrected chi connectivity index (χ4v) is 3.36. The second kappa shape index (κ2) is 7.21. The number of hydrogen-bond acceptors (Lipinski definition) is 2. The second-order valence-corrected chi connectivity index (χ2v) is 6.29. The first kappa shape index (κ1) is 15.5. The van der Waals surface area contributed by atoms with Crippen LogP contribution in [0.3, 0.4) is 0 Å². The van der Waals surface area contributed by atoms with E-state index >= 15 is 0 Å². The Labute approximate surface area is 128 Å². The first-order valence-electron chi connectivity index (χ1n) is 6.93. The van der Waals surface area contributed by atoms with Gasteiger partial charge in [0.05, 0.1) is 11.1 Å². The molecule has 1 N–H and O–H groups in total. The summed E-state index contributed by atoms with van der Waals surface area (Å²) in [6, 6.07) is 9.26. The van der Waals surface area contributed by atoms with Crippen LogP contribution in [0.4, 0.5) is 4.39 Å². The number of nitrogens with one attached hydrogen (secondary N) is 1. The Bertz CT molecular complexity index is 567. The maximum atomic E-state index is 14.3. The number of halogens is 2. The summed E-state index contributed by atoms with van der Waals surface area (Å²) in [5.41, 5.74) is 0.621. The average Bonchev–Trinajstić information content (AvgIpc) is 2.92. The number of hydrogen-bond donors (Lipinski definition) is 1. The minimum atomic E-state index is -0.325. The highest BCUT2D eigenvalue weighted by Crippen LogP contribution is 2.32. The van der Waals surface area contributed by atoms with E-state index in [4.69, 9.17) is 11.6 Å². The van der Waals surface area contributed by atoms with Crippen molar-refractivity contribution in [1.29, 1.82) is 0 Å². The smallest absolute Gasteiger partial charge is 0.146 e. The predicted octanol–water partition coefficient (Wildman–Crippen LogP) is 5.19. The van der Waals surface area contributed by atoms with Crippen molar-refractivity contribution in [3.63, 3.8) is 0 Å². The van der Waals surface area contributed by atoms with Crippen molar-refractivity contribution in [2.75, 3.05) is 6.54 Å². The molecule has 2 aromatic rings. The van der Waals surface area contributed by atoms with E-state index in [1.165, 1.54) is 4.88 Å². The summed E-state index contributed by atoms with van der Waals surface area (Å²) in [6.45, 7) is 5.07. The molecule has 0 radical (unpaired) electrons. The second-order valence-electron chi connectivity index (χ2n) is 4.69. The maximum absolute atomic E-state index is 14.3. The fraction of sp³-hybridized carbons (Fsp3) is 0.375. The van der Waals surface area contributed by atoms with E-state index in [0.29, 0.717) is 5.56 Å². The van der Waals surface area contributed by atoms with Crippen LogP contribution in [-0.4, -0.2) is 6.54 Å². The van der Waals surface area contributed by atoms with Crippen molar-refractivity contribution in [3.8, 4) is 0 Å². The van der Waals surface area contributed by atoms with Gasteiger partial charge in [-0.1, -0.05) is 37.6 Å². The van der Waals surface area contributed by atoms with Gasteiger partial charge >= 0.3 is 0 Å². The molecule has 1 atom stereocenters. The van der Waals surface area contributed by atoms with Gasteiger partial charge in [0.2, 0.25) is 0 Å². The summed E-state index contributed by atoms with van der Waals surface area (Å²) in [6.07, 6.45) is 2.01. The molecule has 1 heterocycles. The molecule has 0 aliphatic rings. The minimum absolute atomic E-state index is 0.126. The molecule has 0 saturated carbocycles. The quantitative estimate of drug-likeness (QED) is 0.774. The maximum Gasteiger partial charge on any atom is 0.146 e.